The standard InChI is InChI=1S/C14H18BrClO4S/c1-14(2,21(3,17)18)13(15)9-7-11-12(8-10(9)16)20-6-4-5-19-11/h7-8,13H,4-6H2,1-3H3. The summed E-state index contributed by atoms with van der Waals surface area (Å²) in [6, 6.07) is 3.44. The molecule has 0 bridgehead atoms. The minimum absolute atomic E-state index is 0.454. The van der Waals surface area contributed by atoms with Gasteiger partial charge in [-0.3, -0.25) is 0 Å². The second kappa shape index (κ2) is 5.97. The summed E-state index contributed by atoms with van der Waals surface area (Å²) in [5.41, 5.74) is 0.677. The molecule has 0 aromatic heterocycles. The summed E-state index contributed by atoms with van der Waals surface area (Å²) in [4.78, 5) is -0.454. The van der Waals surface area contributed by atoms with E-state index in [1.165, 1.54) is 6.26 Å². The number of sulfone groups is 1. The lowest BCUT2D eigenvalue weighted by molar-refractivity contribution is 0.297. The van der Waals surface area contributed by atoms with Gasteiger partial charge < -0.3 is 9.47 Å². The minimum Gasteiger partial charge on any atom is -0.490 e. The van der Waals surface area contributed by atoms with Crippen LogP contribution in [0.25, 0.3) is 0 Å². The second-order valence-electron chi connectivity index (χ2n) is 5.61. The van der Waals surface area contributed by atoms with Crippen molar-refractivity contribution in [2.24, 2.45) is 0 Å². The van der Waals surface area contributed by atoms with Crippen molar-refractivity contribution in [3.05, 3.63) is 22.7 Å². The lowest BCUT2D eigenvalue weighted by Gasteiger charge is -2.29. The van der Waals surface area contributed by atoms with Crippen LogP contribution in [0.4, 0.5) is 0 Å². The minimum atomic E-state index is -3.27. The Labute approximate surface area is 138 Å². The van der Waals surface area contributed by atoms with Gasteiger partial charge in [-0.15, -0.1) is 0 Å². The normalized spacial score (nSPS) is 17.2. The van der Waals surface area contributed by atoms with E-state index in [2.05, 4.69) is 15.9 Å². The highest BCUT2D eigenvalue weighted by Gasteiger charge is 2.39. The van der Waals surface area contributed by atoms with Crippen LogP contribution in [0.2, 0.25) is 5.02 Å². The fourth-order valence-electron chi connectivity index (χ4n) is 1.96. The molecule has 21 heavy (non-hydrogen) atoms. The highest BCUT2D eigenvalue weighted by Crippen LogP contribution is 2.45. The Hall–Kier alpha value is -0.460. The van der Waals surface area contributed by atoms with Gasteiger partial charge in [0, 0.05) is 23.8 Å². The fourth-order valence-corrected chi connectivity index (χ4v) is 4.25. The molecule has 1 heterocycles. The van der Waals surface area contributed by atoms with E-state index in [1.54, 1.807) is 26.0 Å². The summed E-state index contributed by atoms with van der Waals surface area (Å²) >= 11 is 9.79. The third-order valence-corrected chi connectivity index (χ3v) is 8.12. The second-order valence-corrected chi connectivity index (χ2v) is 9.53. The van der Waals surface area contributed by atoms with Crippen LogP contribution in [0.5, 0.6) is 11.5 Å². The van der Waals surface area contributed by atoms with E-state index in [0.717, 1.165) is 6.42 Å². The fraction of sp³-hybridized carbons (Fsp3) is 0.571. The summed E-state index contributed by atoms with van der Waals surface area (Å²) in [7, 11) is -3.27. The van der Waals surface area contributed by atoms with Crippen LogP contribution in [-0.4, -0.2) is 32.6 Å². The molecule has 1 aromatic rings. The van der Waals surface area contributed by atoms with Crippen molar-refractivity contribution in [2.45, 2.75) is 29.8 Å². The Morgan fingerprint density at radius 1 is 1.24 bits per heavy atom. The van der Waals surface area contributed by atoms with E-state index in [-0.39, 0.29) is 0 Å². The van der Waals surface area contributed by atoms with Crippen LogP contribution in [0.1, 0.15) is 30.7 Å². The summed E-state index contributed by atoms with van der Waals surface area (Å²) in [5.74, 6) is 1.19. The van der Waals surface area contributed by atoms with Gasteiger partial charge in [0.1, 0.15) is 0 Å². The molecule has 1 atom stereocenters. The van der Waals surface area contributed by atoms with Gasteiger partial charge >= 0.3 is 0 Å². The van der Waals surface area contributed by atoms with Gasteiger partial charge in [0.25, 0.3) is 0 Å². The molecule has 1 unspecified atom stereocenters. The zero-order chi connectivity index (χ0) is 15.8. The molecule has 0 amide bonds. The molecule has 1 aromatic carbocycles. The van der Waals surface area contributed by atoms with Crippen LogP contribution >= 0.6 is 27.5 Å². The summed E-state index contributed by atoms with van der Waals surface area (Å²) in [6.45, 7) is 4.48. The largest absolute Gasteiger partial charge is 0.490 e. The number of benzene rings is 1. The van der Waals surface area contributed by atoms with Crippen molar-refractivity contribution in [3.8, 4) is 11.5 Å². The molecular formula is C14H18BrClO4S. The molecule has 0 radical (unpaired) electrons. The Morgan fingerprint density at radius 3 is 2.29 bits per heavy atom. The zero-order valence-corrected chi connectivity index (χ0v) is 15.3. The third-order valence-electron chi connectivity index (χ3n) is 3.71. The number of halogens is 2. The first-order valence-electron chi connectivity index (χ1n) is 6.57. The molecule has 0 spiro atoms. The van der Waals surface area contributed by atoms with E-state index in [9.17, 15) is 8.42 Å². The smallest absolute Gasteiger partial charge is 0.162 e. The first kappa shape index (κ1) is 16.9. The van der Waals surface area contributed by atoms with Gasteiger partial charge in [-0.25, -0.2) is 8.42 Å². The van der Waals surface area contributed by atoms with Crippen molar-refractivity contribution in [3.63, 3.8) is 0 Å². The average Bonchev–Trinajstić information content (AvgIpc) is 2.60. The zero-order valence-electron chi connectivity index (χ0n) is 12.2. The number of fused-ring (bicyclic) bond motifs is 1. The van der Waals surface area contributed by atoms with Gasteiger partial charge in [-0.05, 0) is 25.5 Å². The predicted octanol–water partition coefficient (Wildman–Crippen LogP) is 3.76. The number of rotatable bonds is 3. The number of hydrogen-bond donors (Lipinski definition) is 0. The molecular weight excluding hydrogens is 380 g/mol. The van der Waals surface area contributed by atoms with Crippen LogP contribution in [-0.2, 0) is 9.84 Å². The van der Waals surface area contributed by atoms with E-state index >= 15 is 0 Å². The molecule has 1 aliphatic rings. The van der Waals surface area contributed by atoms with Crippen molar-refractivity contribution >= 4 is 37.4 Å². The van der Waals surface area contributed by atoms with Crippen molar-refractivity contribution in [1.29, 1.82) is 0 Å². The molecule has 1 aliphatic heterocycles. The summed E-state index contributed by atoms with van der Waals surface area (Å²) in [5, 5.41) is 0.456. The maximum absolute atomic E-state index is 12.0. The third kappa shape index (κ3) is 3.32. The van der Waals surface area contributed by atoms with Crippen LogP contribution < -0.4 is 9.47 Å². The Morgan fingerprint density at radius 2 is 1.76 bits per heavy atom. The topological polar surface area (TPSA) is 52.6 Å². The maximum atomic E-state index is 12.0. The molecule has 0 aliphatic carbocycles. The molecule has 0 fully saturated rings. The monoisotopic (exact) mass is 396 g/mol. The number of alkyl halides is 1. The van der Waals surface area contributed by atoms with Gasteiger partial charge in [0.05, 0.1) is 22.8 Å². The molecule has 0 saturated heterocycles. The van der Waals surface area contributed by atoms with E-state index in [4.69, 9.17) is 21.1 Å². The maximum Gasteiger partial charge on any atom is 0.162 e. The lowest BCUT2D eigenvalue weighted by Crippen LogP contribution is -2.35. The number of hydrogen-bond acceptors (Lipinski definition) is 4. The first-order valence-corrected chi connectivity index (χ1v) is 9.76. The summed E-state index contributed by atoms with van der Waals surface area (Å²) in [6.07, 6.45) is 2.02. The average molecular weight is 398 g/mol. The molecule has 0 saturated carbocycles. The van der Waals surface area contributed by atoms with Crippen LogP contribution in [0, 0.1) is 0 Å². The van der Waals surface area contributed by atoms with Crippen molar-refractivity contribution < 1.29 is 17.9 Å². The van der Waals surface area contributed by atoms with E-state index in [0.29, 0.717) is 35.3 Å². The van der Waals surface area contributed by atoms with Gasteiger partial charge in [-0.2, -0.15) is 0 Å². The Balaban J connectivity index is 2.47. The summed E-state index contributed by atoms with van der Waals surface area (Å²) < 4.78 is 34.2. The quantitative estimate of drug-likeness (QED) is 0.729. The molecule has 118 valence electrons. The number of ether oxygens (including phenoxy) is 2. The predicted molar refractivity (Wildman–Crippen MR) is 87.6 cm³/mol. The van der Waals surface area contributed by atoms with Crippen LogP contribution in [0.15, 0.2) is 12.1 Å². The Bertz CT molecular complexity index is 643. The van der Waals surface area contributed by atoms with Crippen LogP contribution in [0.3, 0.4) is 0 Å². The highest BCUT2D eigenvalue weighted by atomic mass is 79.9. The van der Waals surface area contributed by atoms with Gasteiger partial charge in [-0.1, -0.05) is 27.5 Å². The van der Waals surface area contributed by atoms with E-state index in [1.807, 2.05) is 0 Å². The Kier molecular flexibility index (Phi) is 4.81. The first-order chi connectivity index (χ1) is 9.64. The van der Waals surface area contributed by atoms with Crippen molar-refractivity contribution in [1.82, 2.24) is 0 Å². The molecule has 4 nitrogen and oxygen atoms in total. The lowest BCUT2D eigenvalue weighted by atomic mass is 10.0. The van der Waals surface area contributed by atoms with Gasteiger partial charge in [0.2, 0.25) is 0 Å². The molecule has 0 N–H and O–H groups in total. The molecule has 2 rings (SSSR count). The SMILES string of the molecule is CC(C)(C(Br)c1cc2c(cc1Cl)OCCCO2)S(C)(=O)=O. The van der Waals surface area contributed by atoms with E-state index < -0.39 is 19.4 Å². The highest BCUT2D eigenvalue weighted by molar-refractivity contribution is 9.09. The van der Waals surface area contributed by atoms with Crippen molar-refractivity contribution in [2.75, 3.05) is 19.5 Å². The molecule has 7 heteroatoms. The van der Waals surface area contributed by atoms with Gasteiger partial charge in [0.15, 0.2) is 21.3 Å².